The standard InChI is InChI=1S/C16H26N4/c1-11(2)17-16-18-12(3)14-10-20(8-7-15(14)19-16)9-13-5-4-6-13/h11,13H,4-10H2,1-3H3,(H,17,18,19). The maximum absolute atomic E-state index is 4.71. The fraction of sp³-hybridized carbons (Fsp3) is 0.750. The van der Waals surface area contributed by atoms with Crippen molar-refractivity contribution < 1.29 is 0 Å². The summed E-state index contributed by atoms with van der Waals surface area (Å²) in [6.07, 6.45) is 5.35. The van der Waals surface area contributed by atoms with Crippen molar-refractivity contribution in [1.82, 2.24) is 14.9 Å². The minimum absolute atomic E-state index is 0.381. The maximum atomic E-state index is 4.71. The van der Waals surface area contributed by atoms with Crippen LogP contribution in [-0.2, 0) is 13.0 Å². The van der Waals surface area contributed by atoms with E-state index < -0.39 is 0 Å². The van der Waals surface area contributed by atoms with Crippen LogP contribution < -0.4 is 5.32 Å². The second kappa shape index (κ2) is 5.68. The molecule has 0 atom stereocenters. The second-order valence-corrected chi connectivity index (χ2v) is 6.64. The van der Waals surface area contributed by atoms with E-state index in [1.54, 1.807) is 0 Å². The lowest BCUT2D eigenvalue weighted by atomic mass is 9.84. The molecule has 110 valence electrons. The van der Waals surface area contributed by atoms with E-state index in [0.717, 1.165) is 37.1 Å². The average Bonchev–Trinajstić information content (AvgIpc) is 2.33. The molecule has 1 N–H and O–H groups in total. The Kier molecular flexibility index (Phi) is 3.92. The molecule has 4 nitrogen and oxygen atoms in total. The molecule has 0 aromatic carbocycles. The van der Waals surface area contributed by atoms with Gasteiger partial charge in [-0.1, -0.05) is 6.42 Å². The smallest absolute Gasteiger partial charge is 0.223 e. The van der Waals surface area contributed by atoms with Gasteiger partial charge in [0, 0.05) is 43.4 Å². The molecule has 1 fully saturated rings. The van der Waals surface area contributed by atoms with Crippen LogP contribution in [0.5, 0.6) is 0 Å². The van der Waals surface area contributed by atoms with Gasteiger partial charge in [-0.3, -0.25) is 4.90 Å². The van der Waals surface area contributed by atoms with E-state index in [1.807, 2.05) is 0 Å². The minimum atomic E-state index is 0.381. The van der Waals surface area contributed by atoms with Crippen molar-refractivity contribution in [3.8, 4) is 0 Å². The molecule has 2 aliphatic rings. The summed E-state index contributed by atoms with van der Waals surface area (Å²) in [4.78, 5) is 11.9. The molecule has 0 unspecified atom stereocenters. The number of nitrogens with zero attached hydrogens (tertiary/aromatic N) is 3. The van der Waals surface area contributed by atoms with E-state index in [4.69, 9.17) is 4.98 Å². The highest BCUT2D eigenvalue weighted by molar-refractivity contribution is 5.36. The van der Waals surface area contributed by atoms with Crippen LogP contribution >= 0.6 is 0 Å². The van der Waals surface area contributed by atoms with Crippen LogP contribution in [0.15, 0.2) is 0 Å². The van der Waals surface area contributed by atoms with Crippen molar-refractivity contribution in [2.24, 2.45) is 5.92 Å². The number of rotatable bonds is 4. The molecule has 0 radical (unpaired) electrons. The molecule has 0 saturated heterocycles. The van der Waals surface area contributed by atoms with Crippen LogP contribution in [0.3, 0.4) is 0 Å². The van der Waals surface area contributed by atoms with Gasteiger partial charge in [0.1, 0.15) is 0 Å². The third-order valence-corrected chi connectivity index (χ3v) is 4.51. The van der Waals surface area contributed by atoms with Crippen LogP contribution in [-0.4, -0.2) is 34.0 Å². The van der Waals surface area contributed by atoms with Gasteiger partial charge in [-0.15, -0.1) is 0 Å². The van der Waals surface area contributed by atoms with Crippen molar-refractivity contribution in [2.75, 3.05) is 18.4 Å². The zero-order valence-electron chi connectivity index (χ0n) is 12.9. The number of aromatic nitrogens is 2. The predicted molar refractivity (Wildman–Crippen MR) is 81.8 cm³/mol. The Morgan fingerprint density at radius 1 is 1.30 bits per heavy atom. The van der Waals surface area contributed by atoms with E-state index in [0.29, 0.717) is 6.04 Å². The van der Waals surface area contributed by atoms with E-state index in [1.165, 1.54) is 37.1 Å². The van der Waals surface area contributed by atoms with Crippen LogP contribution in [0.2, 0.25) is 0 Å². The topological polar surface area (TPSA) is 41.1 Å². The molecule has 0 amide bonds. The number of hydrogen-bond donors (Lipinski definition) is 1. The molecule has 0 spiro atoms. The summed E-state index contributed by atoms with van der Waals surface area (Å²) in [7, 11) is 0. The number of hydrogen-bond acceptors (Lipinski definition) is 4. The fourth-order valence-electron chi connectivity index (χ4n) is 3.15. The number of fused-ring (bicyclic) bond motifs is 1. The lowest BCUT2D eigenvalue weighted by Crippen LogP contribution is -2.37. The molecule has 1 saturated carbocycles. The van der Waals surface area contributed by atoms with Gasteiger partial charge in [0.2, 0.25) is 5.95 Å². The summed E-state index contributed by atoms with van der Waals surface area (Å²) in [5.74, 6) is 1.74. The molecule has 0 bridgehead atoms. The van der Waals surface area contributed by atoms with Gasteiger partial charge in [-0.05, 0) is 39.5 Å². The van der Waals surface area contributed by atoms with E-state index in [9.17, 15) is 0 Å². The lowest BCUT2D eigenvalue weighted by molar-refractivity contribution is 0.164. The van der Waals surface area contributed by atoms with Crippen molar-refractivity contribution in [3.63, 3.8) is 0 Å². The number of nitrogens with one attached hydrogen (secondary N) is 1. The highest BCUT2D eigenvalue weighted by Crippen LogP contribution is 2.29. The molecule has 1 aliphatic carbocycles. The Balaban J connectivity index is 1.72. The monoisotopic (exact) mass is 274 g/mol. The summed E-state index contributed by atoms with van der Waals surface area (Å²) in [5, 5.41) is 3.32. The zero-order valence-corrected chi connectivity index (χ0v) is 12.9. The minimum Gasteiger partial charge on any atom is -0.352 e. The summed E-state index contributed by atoms with van der Waals surface area (Å²) in [5.41, 5.74) is 3.77. The Hall–Kier alpha value is -1.16. The summed E-state index contributed by atoms with van der Waals surface area (Å²) < 4.78 is 0. The van der Waals surface area contributed by atoms with E-state index in [-0.39, 0.29) is 0 Å². The van der Waals surface area contributed by atoms with Crippen LogP contribution in [0.4, 0.5) is 5.95 Å². The van der Waals surface area contributed by atoms with Crippen LogP contribution in [0.1, 0.15) is 50.1 Å². The van der Waals surface area contributed by atoms with Gasteiger partial charge in [-0.25, -0.2) is 9.97 Å². The molecule has 1 aliphatic heterocycles. The summed E-state index contributed by atoms with van der Waals surface area (Å²) in [6.45, 7) is 9.83. The Labute approximate surface area is 122 Å². The predicted octanol–water partition coefficient (Wildman–Crippen LogP) is 2.76. The third kappa shape index (κ3) is 2.95. The molecule has 20 heavy (non-hydrogen) atoms. The van der Waals surface area contributed by atoms with Gasteiger partial charge in [0.25, 0.3) is 0 Å². The van der Waals surface area contributed by atoms with Crippen molar-refractivity contribution in [2.45, 2.75) is 59.0 Å². The Morgan fingerprint density at radius 3 is 2.75 bits per heavy atom. The third-order valence-electron chi connectivity index (χ3n) is 4.51. The van der Waals surface area contributed by atoms with Gasteiger partial charge in [-0.2, -0.15) is 0 Å². The number of aryl methyl sites for hydroxylation is 1. The van der Waals surface area contributed by atoms with Crippen molar-refractivity contribution in [1.29, 1.82) is 0 Å². The first-order valence-electron chi connectivity index (χ1n) is 7.97. The van der Waals surface area contributed by atoms with Crippen LogP contribution in [0.25, 0.3) is 0 Å². The van der Waals surface area contributed by atoms with E-state index >= 15 is 0 Å². The van der Waals surface area contributed by atoms with Gasteiger partial charge < -0.3 is 5.32 Å². The lowest BCUT2D eigenvalue weighted by Gasteiger charge is -2.35. The number of anilines is 1. The second-order valence-electron chi connectivity index (χ2n) is 6.64. The highest BCUT2D eigenvalue weighted by atomic mass is 15.2. The molecule has 1 aromatic heterocycles. The van der Waals surface area contributed by atoms with Gasteiger partial charge in [0.15, 0.2) is 0 Å². The fourth-order valence-corrected chi connectivity index (χ4v) is 3.15. The van der Waals surface area contributed by atoms with Crippen molar-refractivity contribution in [3.05, 3.63) is 17.0 Å². The first-order valence-corrected chi connectivity index (χ1v) is 7.97. The van der Waals surface area contributed by atoms with Crippen molar-refractivity contribution >= 4 is 5.95 Å². The molecular formula is C16H26N4. The highest BCUT2D eigenvalue weighted by Gasteiger charge is 2.25. The Morgan fingerprint density at radius 2 is 2.10 bits per heavy atom. The molecule has 2 heterocycles. The quantitative estimate of drug-likeness (QED) is 0.916. The van der Waals surface area contributed by atoms with Crippen LogP contribution in [0, 0.1) is 12.8 Å². The summed E-state index contributed by atoms with van der Waals surface area (Å²) in [6, 6.07) is 0.381. The first-order chi connectivity index (χ1) is 9.61. The molecule has 3 rings (SSSR count). The maximum Gasteiger partial charge on any atom is 0.223 e. The molecule has 4 heteroatoms. The van der Waals surface area contributed by atoms with E-state index in [2.05, 4.69) is 36.0 Å². The van der Waals surface area contributed by atoms with Gasteiger partial charge in [0.05, 0.1) is 5.69 Å². The molecular weight excluding hydrogens is 248 g/mol. The normalized spacial score (nSPS) is 19.8. The SMILES string of the molecule is Cc1nc(NC(C)C)nc2c1CN(CC1CCC1)CC2. The Bertz CT molecular complexity index is 480. The van der Waals surface area contributed by atoms with Gasteiger partial charge >= 0.3 is 0 Å². The summed E-state index contributed by atoms with van der Waals surface area (Å²) >= 11 is 0. The molecule has 1 aromatic rings. The largest absolute Gasteiger partial charge is 0.352 e. The first kappa shape index (κ1) is 13.8. The zero-order chi connectivity index (χ0) is 14.1. The average molecular weight is 274 g/mol.